The molecule has 2 atom stereocenters. The highest BCUT2D eigenvalue weighted by molar-refractivity contribution is 5.95. The minimum absolute atomic E-state index is 0.0897. The molecule has 4 rings (SSSR count). The van der Waals surface area contributed by atoms with E-state index in [-0.39, 0.29) is 17.3 Å². The molecule has 0 amide bonds. The van der Waals surface area contributed by atoms with Crippen LogP contribution in [0.15, 0.2) is 33.5 Å². The number of aromatic hydroxyl groups is 3. The van der Waals surface area contributed by atoms with E-state index in [1.807, 2.05) is 0 Å². The van der Waals surface area contributed by atoms with Gasteiger partial charge in [-0.1, -0.05) is 12.8 Å². The van der Waals surface area contributed by atoms with Gasteiger partial charge in [0, 0.05) is 10.9 Å². The first-order valence-corrected chi connectivity index (χ1v) is 8.76. The van der Waals surface area contributed by atoms with Gasteiger partial charge in [0.15, 0.2) is 17.1 Å². The zero-order chi connectivity index (χ0) is 19.3. The van der Waals surface area contributed by atoms with Crippen molar-refractivity contribution in [1.82, 2.24) is 0 Å². The number of fused-ring (bicyclic) bond motifs is 2. The number of carboxylic acid groups (broad SMARTS) is 1. The van der Waals surface area contributed by atoms with Crippen molar-refractivity contribution in [2.75, 3.05) is 0 Å². The molecular weight excluding hydrogens is 352 g/mol. The van der Waals surface area contributed by atoms with Crippen molar-refractivity contribution in [2.24, 2.45) is 5.92 Å². The highest BCUT2D eigenvalue weighted by atomic mass is 16.4. The summed E-state index contributed by atoms with van der Waals surface area (Å²) in [6, 6.07) is 5.58. The molecule has 0 bridgehead atoms. The van der Waals surface area contributed by atoms with Gasteiger partial charge < -0.3 is 24.8 Å². The third-order valence-corrected chi connectivity index (χ3v) is 5.44. The number of hydrogen-bond donors (Lipinski definition) is 4. The Bertz CT molecular complexity index is 1080. The maximum Gasteiger partial charge on any atom is 0.307 e. The lowest BCUT2D eigenvalue weighted by Crippen LogP contribution is -2.26. The van der Waals surface area contributed by atoms with Crippen molar-refractivity contribution in [1.29, 1.82) is 0 Å². The fourth-order valence-electron chi connectivity index (χ4n) is 4.16. The highest BCUT2D eigenvalue weighted by Crippen LogP contribution is 2.49. The molecule has 4 N–H and O–H groups in total. The van der Waals surface area contributed by atoms with Crippen molar-refractivity contribution >= 4 is 16.9 Å². The summed E-state index contributed by atoms with van der Waals surface area (Å²) in [5.74, 6) is -3.58. The average molecular weight is 370 g/mol. The number of aliphatic carboxylic acids is 1. The molecular formula is C20H18O7. The van der Waals surface area contributed by atoms with Crippen LogP contribution in [0.25, 0.3) is 22.3 Å². The lowest BCUT2D eigenvalue weighted by Gasteiger charge is -2.31. The molecule has 7 nitrogen and oxygen atoms in total. The molecule has 0 saturated heterocycles. The number of phenolic OH excluding ortho intramolecular Hbond substituents is 3. The van der Waals surface area contributed by atoms with Gasteiger partial charge in [-0.05, 0) is 48.6 Å². The third-order valence-electron chi connectivity index (χ3n) is 5.44. The first-order valence-electron chi connectivity index (χ1n) is 8.76. The van der Waals surface area contributed by atoms with Gasteiger partial charge in [-0.2, -0.15) is 0 Å². The van der Waals surface area contributed by atoms with E-state index >= 15 is 0 Å². The van der Waals surface area contributed by atoms with Gasteiger partial charge in [0.2, 0.25) is 16.9 Å². The minimum Gasteiger partial charge on any atom is -0.504 e. The van der Waals surface area contributed by atoms with Gasteiger partial charge >= 0.3 is 5.97 Å². The monoisotopic (exact) mass is 370 g/mol. The smallest absolute Gasteiger partial charge is 0.307 e. The van der Waals surface area contributed by atoms with Crippen LogP contribution >= 0.6 is 0 Å². The van der Waals surface area contributed by atoms with Gasteiger partial charge in [0.25, 0.3) is 0 Å². The Morgan fingerprint density at radius 3 is 2.48 bits per heavy atom. The second-order valence-corrected chi connectivity index (χ2v) is 6.95. The lowest BCUT2D eigenvalue weighted by atomic mass is 9.73. The van der Waals surface area contributed by atoms with Crippen LogP contribution in [0.2, 0.25) is 0 Å². The topological polar surface area (TPSA) is 128 Å². The molecule has 1 heterocycles. The molecule has 1 unspecified atom stereocenters. The van der Waals surface area contributed by atoms with Crippen molar-refractivity contribution in [3.8, 4) is 28.6 Å². The maximum absolute atomic E-state index is 11.9. The van der Waals surface area contributed by atoms with Crippen LogP contribution in [0, 0.1) is 5.92 Å². The SMILES string of the molecule is O=C(O)[C@H]1CCCCC1c1c2ccc(=O)c(O)c-2oc2c(O)c(O)ccc12. The third kappa shape index (κ3) is 2.58. The van der Waals surface area contributed by atoms with Crippen LogP contribution < -0.4 is 5.43 Å². The van der Waals surface area contributed by atoms with E-state index in [2.05, 4.69) is 0 Å². The van der Waals surface area contributed by atoms with Gasteiger partial charge in [0.05, 0.1) is 5.92 Å². The summed E-state index contributed by atoms with van der Waals surface area (Å²) in [4.78, 5) is 23.7. The number of carboxylic acids is 1. The van der Waals surface area contributed by atoms with Gasteiger partial charge in [-0.3, -0.25) is 9.59 Å². The Morgan fingerprint density at radius 2 is 1.74 bits per heavy atom. The molecule has 0 radical (unpaired) electrons. The van der Waals surface area contributed by atoms with Gasteiger partial charge in [-0.25, -0.2) is 0 Å². The normalized spacial score (nSPS) is 20.1. The number of hydrogen-bond acceptors (Lipinski definition) is 6. The summed E-state index contributed by atoms with van der Waals surface area (Å²) >= 11 is 0. The van der Waals surface area contributed by atoms with Gasteiger partial charge in [-0.15, -0.1) is 0 Å². The molecule has 0 aromatic heterocycles. The molecule has 3 aliphatic rings. The zero-order valence-electron chi connectivity index (χ0n) is 14.3. The van der Waals surface area contributed by atoms with Gasteiger partial charge in [0.1, 0.15) is 0 Å². The number of phenols is 3. The van der Waals surface area contributed by atoms with Crippen LogP contribution in [0.5, 0.6) is 17.2 Å². The van der Waals surface area contributed by atoms with E-state index in [1.54, 1.807) is 6.07 Å². The molecule has 140 valence electrons. The van der Waals surface area contributed by atoms with Crippen LogP contribution in [0.3, 0.4) is 0 Å². The summed E-state index contributed by atoms with van der Waals surface area (Å²) < 4.78 is 5.59. The largest absolute Gasteiger partial charge is 0.504 e. The van der Waals surface area contributed by atoms with Crippen molar-refractivity contribution in [2.45, 2.75) is 31.6 Å². The summed E-state index contributed by atoms with van der Waals surface area (Å²) in [6.07, 6.45) is 2.79. The van der Waals surface area contributed by atoms with E-state index in [1.165, 1.54) is 18.2 Å². The van der Waals surface area contributed by atoms with E-state index in [0.717, 1.165) is 12.8 Å². The Kier molecular flexibility index (Phi) is 3.95. The Balaban J connectivity index is 2.13. The van der Waals surface area contributed by atoms with Crippen LogP contribution in [0.4, 0.5) is 0 Å². The lowest BCUT2D eigenvalue weighted by molar-refractivity contribution is -0.143. The molecule has 1 fully saturated rings. The predicted octanol–water partition coefficient (Wildman–Crippen LogP) is 3.37. The molecule has 7 heteroatoms. The van der Waals surface area contributed by atoms with Crippen LogP contribution in [-0.4, -0.2) is 26.4 Å². The molecule has 2 aliphatic carbocycles. The van der Waals surface area contributed by atoms with Crippen molar-refractivity contribution in [3.05, 3.63) is 40.1 Å². The van der Waals surface area contributed by atoms with E-state index in [4.69, 9.17) is 4.42 Å². The standard InChI is InChI=1S/C20H18O7/c21-13-7-5-11-15(9-3-1-2-4-10(9)20(25)26)12-6-8-14(22)17(24)19(12)27-18(11)16(13)23/h5-10,21,23-24H,1-4H2,(H,25,26)/t9?,10-/m0/s1. The zero-order valence-corrected chi connectivity index (χ0v) is 14.3. The maximum atomic E-state index is 11.9. The molecule has 27 heavy (non-hydrogen) atoms. The molecule has 1 aliphatic heterocycles. The average Bonchev–Trinajstić information content (AvgIpc) is 2.66. The molecule has 1 aromatic carbocycles. The Hall–Kier alpha value is -3.22. The first kappa shape index (κ1) is 17.2. The summed E-state index contributed by atoms with van der Waals surface area (Å²) in [5.41, 5.74) is 0.300. The first-order chi connectivity index (χ1) is 12.9. The number of rotatable bonds is 2. The fraction of sp³-hybridized carbons (Fsp3) is 0.300. The number of benzene rings is 2. The summed E-state index contributed by atoms with van der Waals surface area (Å²) in [7, 11) is 0. The predicted molar refractivity (Wildman–Crippen MR) is 96.4 cm³/mol. The van der Waals surface area contributed by atoms with E-state index < -0.39 is 34.6 Å². The van der Waals surface area contributed by atoms with Crippen LogP contribution in [0.1, 0.15) is 37.2 Å². The highest BCUT2D eigenvalue weighted by Gasteiger charge is 2.36. The molecule has 1 saturated carbocycles. The summed E-state index contributed by atoms with van der Waals surface area (Å²) in [5, 5.41) is 40.4. The molecule has 0 spiro atoms. The minimum atomic E-state index is -0.908. The second kappa shape index (κ2) is 6.19. The van der Waals surface area contributed by atoms with Crippen LogP contribution in [-0.2, 0) is 4.79 Å². The Morgan fingerprint density at radius 1 is 1.00 bits per heavy atom. The summed E-state index contributed by atoms with van der Waals surface area (Å²) in [6.45, 7) is 0. The van der Waals surface area contributed by atoms with E-state index in [9.17, 15) is 30.0 Å². The quantitative estimate of drug-likeness (QED) is 0.402. The second-order valence-electron chi connectivity index (χ2n) is 6.95. The van der Waals surface area contributed by atoms with Crippen molar-refractivity contribution < 1.29 is 29.6 Å². The Labute approximate surface area is 153 Å². The van der Waals surface area contributed by atoms with E-state index in [0.29, 0.717) is 29.4 Å². The van der Waals surface area contributed by atoms with Crippen molar-refractivity contribution in [3.63, 3.8) is 0 Å². The number of carbonyl (C=O) groups is 1. The fourth-order valence-corrected chi connectivity index (χ4v) is 4.16. The molecule has 1 aromatic rings.